The molecule has 0 aliphatic carbocycles. The van der Waals surface area contributed by atoms with Gasteiger partial charge in [-0.3, -0.25) is 0 Å². The van der Waals surface area contributed by atoms with E-state index in [4.69, 9.17) is 14.3 Å². The number of ether oxygens (including phenoxy) is 1. The maximum atomic E-state index is 10.9. The highest BCUT2D eigenvalue weighted by Crippen LogP contribution is 2.25. The van der Waals surface area contributed by atoms with Crippen molar-refractivity contribution in [3.8, 4) is 28.7 Å². The molecule has 0 amide bonds. The van der Waals surface area contributed by atoms with E-state index in [1.165, 1.54) is 12.1 Å². The van der Waals surface area contributed by atoms with Crippen molar-refractivity contribution in [3.63, 3.8) is 0 Å². The first-order chi connectivity index (χ1) is 11.5. The molecular formula is C18H16N2O4. The van der Waals surface area contributed by atoms with Crippen molar-refractivity contribution in [2.45, 2.75) is 20.0 Å². The predicted molar refractivity (Wildman–Crippen MR) is 87.9 cm³/mol. The average molecular weight is 324 g/mol. The molecule has 0 radical (unpaired) electrons. The topological polar surface area (TPSA) is 85.5 Å². The Morgan fingerprint density at radius 1 is 0.958 bits per heavy atom. The maximum absolute atomic E-state index is 10.9. The van der Waals surface area contributed by atoms with Crippen molar-refractivity contribution in [2.75, 3.05) is 0 Å². The number of aromatic carboxylic acids is 1. The zero-order valence-electron chi connectivity index (χ0n) is 13.3. The first kappa shape index (κ1) is 15.7. The number of carboxylic acid groups (broad SMARTS) is 1. The number of nitrogens with zero attached hydrogens (tertiary/aromatic N) is 2. The molecule has 122 valence electrons. The number of carboxylic acids is 1. The van der Waals surface area contributed by atoms with Gasteiger partial charge >= 0.3 is 5.97 Å². The van der Waals surface area contributed by atoms with E-state index in [-0.39, 0.29) is 11.7 Å². The fraction of sp³-hybridized carbons (Fsp3) is 0.167. The molecule has 24 heavy (non-hydrogen) atoms. The Kier molecular flexibility index (Phi) is 4.29. The van der Waals surface area contributed by atoms with Gasteiger partial charge in [-0.05, 0) is 62.4 Å². The Balaban J connectivity index is 1.81. The Morgan fingerprint density at radius 2 is 1.46 bits per heavy atom. The van der Waals surface area contributed by atoms with Gasteiger partial charge in [-0.2, -0.15) is 0 Å². The number of aromatic nitrogens is 2. The summed E-state index contributed by atoms with van der Waals surface area (Å²) >= 11 is 0. The zero-order valence-corrected chi connectivity index (χ0v) is 13.3. The molecule has 2 aromatic carbocycles. The molecule has 3 rings (SSSR count). The van der Waals surface area contributed by atoms with Crippen LogP contribution in [0.1, 0.15) is 24.2 Å². The molecule has 0 saturated heterocycles. The van der Waals surface area contributed by atoms with Crippen LogP contribution in [0.2, 0.25) is 0 Å². The van der Waals surface area contributed by atoms with E-state index in [0.29, 0.717) is 17.3 Å². The molecule has 6 heteroatoms. The van der Waals surface area contributed by atoms with Crippen LogP contribution in [0.3, 0.4) is 0 Å². The highest BCUT2D eigenvalue weighted by atomic mass is 16.5. The lowest BCUT2D eigenvalue weighted by molar-refractivity contribution is 0.0697. The summed E-state index contributed by atoms with van der Waals surface area (Å²) < 4.78 is 11.3. The van der Waals surface area contributed by atoms with E-state index in [1.807, 2.05) is 38.1 Å². The van der Waals surface area contributed by atoms with Gasteiger partial charge in [0.15, 0.2) is 0 Å². The molecule has 0 atom stereocenters. The van der Waals surface area contributed by atoms with Gasteiger partial charge in [-0.1, -0.05) is 0 Å². The van der Waals surface area contributed by atoms with Crippen LogP contribution >= 0.6 is 0 Å². The minimum Gasteiger partial charge on any atom is -0.491 e. The monoisotopic (exact) mass is 324 g/mol. The Hall–Kier alpha value is -3.15. The van der Waals surface area contributed by atoms with Crippen LogP contribution in [0, 0.1) is 0 Å². The van der Waals surface area contributed by atoms with Crippen molar-refractivity contribution in [1.29, 1.82) is 0 Å². The first-order valence-corrected chi connectivity index (χ1v) is 7.47. The SMILES string of the molecule is CC(C)Oc1ccc(-c2nnc(-c3ccc(C(=O)O)cc3)o2)cc1. The zero-order chi connectivity index (χ0) is 17.1. The van der Waals surface area contributed by atoms with Crippen LogP contribution < -0.4 is 4.74 Å². The van der Waals surface area contributed by atoms with Crippen LogP contribution in [0.25, 0.3) is 22.9 Å². The largest absolute Gasteiger partial charge is 0.491 e. The van der Waals surface area contributed by atoms with E-state index in [0.717, 1.165) is 11.3 Å². The number of rotatable bonds is 5. The van der Waals surface area contributed by atoms with Gasteiger partial charge in [0.1, 0.15) is 5.75 Å². The normalized spacial score (nSPS) is 10.8. The Morgan fingerprint density at radius 3 is 1.92 bits per heavy atom. The molecule has 1 heterocycles. The van der Waals surface area contributed by atoms with Crippen LogP contribution in [-0.2, 0) is 0 Å². The quantitative estimate of drug-likeness (QED) is 0.766. The lowest BCUT2D eigenvalue weighted by atomic mass is 10.1. The van der Waals surface area contributed by atoms with Crippen molar-refractivity contribution >= 4 is 5.97 Å². The van der Waals surface area contributed by atoms with E-state index in [9.17, 15) is 4.79 Å². The average Bonchev–Trinajstić information content (AvgIpc) is 3.05. The third-order valence-corrected chi connectivity index (χ3v) is 3.28. The van der Waals surface area contributed by atoms with E-state index < -0.39 is 5.97 Å². The molecule has 0 unspecified atom stereocenters. The smallest absolute Gasteiger partial charge is 0.335 e. The summed E-state index contributed by atoms with van der Waals surface area (Å²) in [5, 5.41) is 17.0. The standard InChI is InChI=1S/C18H16N2O4/c1-11(2)23-15-9-7-13(8-10-15)17-20-19-16(24-17)12-3-5-14(6-4-12)18(21)22/h3-11H,1-2H3,(H,21,22). The van der Waals surface area contributed by atoms with E-state index in [1.54, 1.807) is 12.1 Å². The van der Waals surface area contributed by atoms with Crippen LogP contribution in [0.15, 0.2) is 52.9 Å². The number of hydrogen-bond acceptors (Lipinski definition) is 5. The fourth-order valence-electron chi connectivity index (χ4n) is 2.16. The van der Waals surface area contributed by atoms with Gasteiger partial charge in [0.25, 0.3) is 0 Å². The van der Waals surface area contributed by atoms with Gasteiger partial charge in [0.2, 0.25) is 11.8 Å². The fourth-order valence-corrected chi connectivity index (χ4v) is 2.16. The van der Waals surface area contributed by atoms with Crippen molar-refractivity contribution in [1.82, 2.24) is 10.2 Å². The van der Waals surface area contributed by atoms with Crippen molar-refractivity contribution in [3.05, 3.63) is 54.1 Å². The van der Waals surface area contributed by atoms with Gasteiger partial charge < -0.3 is 14.3 Å². The van der Waals surface area contributed by atoms with Crippen molar-refractivity contribution < 1.29 is 19.1 Å². The Labute approximate surface area is 138 Å². The minimum absolute atomic E-state index is 0.111. The van der Waals surface area contributed by atoms with Crippen LogP contribution in [-0.4, -0.2) is 27.4 Å². The van der Waals surface area contributed by atoms with Crippen molar-refractivity contribution in [2.24, 2.45) is 0 Å². The molecule has 0 saturated carbocycles. The highest BCUT2D eigenvalue weighted by Gasteiger charge is 2.11. The highest BCUT2D eigenvalue weighted by molar-refractivity contribution is 5.88. The molecule has 0 aliphatic heterocycles. The molecular weight excluding hydrogens is 308 g/mol. The molecule has 3 aromatic rings. The molecule has 6 nitrogen and oxygen atoms in total. The summed E-state index contributed by atoms with van der Waals surface area (Å²) in [5.41, 5.74) is 1.66. The number of benzene rings is 2. The van der Waals surface area contributed by atoms with Crippen LogP contribution in [0.5, 0.6) is 5.75 Å². The second kappa shape index (κ2) is 6.54. The first-order valence-electron chi connectivity index (χ1n) is 7.47. The molecule has 0 bridgehead atoms. The molecule has 0 spiro atoms. The summed E-state index contributed by atoms with van der Waals surface area (Å²) in [4.78, 5) is 10.9. The lowest BCUT2D eigenvalue weighted by Crippen LogP contribution is -2.05. The van der Waals surface area contributed by atoms with Gasteiger partial charge in [0.05, 0.1) is 11.7 Å². The van der Waals surface area contributed by atoms with E-state index >= 15 is 0 Å². The minimum atomic E-state index is -0.975. The molecule has 1 N–H and O–H groups in total. The summed E-state index contributed by atoms with van der Waals surface area (Å²) in [6, 6.07) is 13.7. The molecule has 0 aliphatic rings. The Bertz CT molecular complexity index is 836. The van der Waals surface area contributed by atoms with Gasteiger partial charge in [-0.25, -0.2) is 4.79 Å². The number of carbonyl (C=O) groups is 1. The summed E-state index contributed by atoms with van der Waals surface area (Å²) in [6.07, 6.45) is 0.111. The lowest BCUT2D eigenvalue weighted by Gasteiger charge is -2.09. The van der Waals surface area contributed by atoms with Crippen LogP contribution in [0.4, 0.5) is 0 Å². The molecule has 1 aromatic heterocycles. The third kappa shape index (κ3) is 3.43. The third-order valence-electron chi connectivity index (χ3n) is 3.28. The van der Waals surface area contributed by atoms with Gasteiger partial charge in [-0.15, -0.1) is 10.2 Å². The predicted octanol–water partition coefficient (Wildman–Crippen LogP) is 3.89. The maximum Gasteiger partial charge on any atom is 0.335 e. The number of hydrogen-bond donors (Lipinski definition) is 1. The summed E-state index contributed by atoms with van der Waals surface area (Å²) in [5.74, 6) is 0.530. The summed E-state index contributed by atoms with van der Waals surface area (Å²) in [7, 11) is 0. The summed E-state index contributed by atoms with van der Waals surface area (Å²) in [6.45, 7) is 3.93. The second-order valence-electron chi connectivity index (χ2n) is 5.49. The second-order valence-corrected chi connectivity index (χ2v) is 5.49. The van der Waals surface area contributed by atoms with Gasteiger partial charge in [0, 0.05) is 11.1 Å². The van der Waals surface area contributed by atoms with E-state index in [2.05, 4.69) is 10.2 Å². The molecule has 0 fully saturated rings.